The Morgan fingerprint density at radius 2 is 1.97 bits per heavy atom. The smallest absolute Gasteiger partial charge is 0.243 e. The number of benzene rings is 2. The summed E-state index contributed by atoms with van der Waals surface area (Å²) >= 11 is 0. The Morgan fingerprint density at radius 1 is 1.18 bits per heavy atom. The number of carbonyl (C=O) groups is 2. The Morgan fingerprint density at radius 3 is 2.67 bits per heavy atom. The molecule has 4 atom stereocenters. The topological polar surface area (TPSA) is 99.5 Å². The van der Waals surface area contributed by atoms with Gasteiger partial charge in [-0.25, -0.2) is 0 Å². The van der Waals surface area contributed by atoms with Crippen LogP contribution in [0.5, 0.6) is 0 Å². The van der Waals surface area contributed by atoms with Crippen LogP contribution >= 0.6 is 0 Å². The number of rotatable bonds is 11. The minimum atomic E-state index is -0.463. The van der Waals surface area contributed by atoms with Crippen LogP contribution in [-0.2, 0) is 16.1 Å². The van der Waals surface area contributed by atoms with Gasteiger partial charge >= 0.3 is 0 Å². The quantitative estimate of drug-likeness (QED) is 0.252. The molecule has 4 rings (SSSR count). The first-order valence-corrected chi connectivity index (χ1v) is 14.1. The molecular weight excluding hydrogens is 486 g/mol. The zero-order valence-electron chi connectivity index (χ0n) is 23.3. The molecule has 2 aliphatic heterocycles. The minimum Gasteiger partial charge on any atom is -0.397 e. The summed E-state index contributed by atoms with van der Waals surface area (Å²) in [4.78, 5) is 29.1. The highest BCUT2D eigenvalue weighted by atomic mass is 16.2. The number of hydrogen-bond acceptors (Lipinski definition) is 5. The average Bonchev–Trinajstić information content (AvgIpc) is 3.63. The van der Waals surface area contributed by atoms with Crippen molar-refractivity contribution in [1.82, 2.24) is 15.5 Å². The average molecular weight is 530 g/mol. The maximum Gasteiger partial charge on any atom is 0.243 e. The van der Waals surface area contributed by atoms with Crippen LogP contribution in [0.25, 0.3) is 0 Å². The van der Waals surface area contributed by atoms with Crippen LogP contribution in [-0.4, -0.2) is 48.9 Å². The molecule has 2 aromatic carbocycles. The summed E-state index contributed by atoms with van der Waals surface area (Å²) in [6.07, 6.45) is 8.40. The van der Waals surface area contributed by atoms with E-state index in [2.05, 4.69) is 40.7 Å². The number of amides is 2. The maximum absolute atomic E-state index is 13.8. The van der Waals surface area contributed by atoms with E-state index in [4.69, 9.17) is 5.73 Å². The zero-order valence-corrected chi connectivity index (χ0v) is 23.3. The predicted molar refractivity (Wildman–Crippen MR) is 159 cm³/mol. The van der Waals surface area contributed by atoms with Crippen LogP contribution in [0, 0.1) is 5.92 Å². The molecule has 7 nitrogen and oxygen atoms in total. The number of nitrogen functional groups attached to an aromatic ring is 1. The molecule has 7 heteroatoms. The van der Waals surface area contributed by atoms with Gasteiger partial charge in [-0.15, -0.1) is 0 Å². The lowest BCUT2D eigenvalue weighted by Gasteiger charge is -2.27. The van der Waals surface area contributed by atoms with Gasteiger partial charge < -0.3 is 26.6 Å². The summed E-state index contributed by atoms with van der Waals surface area (Å²) in [5.74, 6) is 0.540. The largest absolute Gasteiger partial charge is 0.397 e. The fourth-order valence-electron chi connectivity index (χ4n) is 5.94. The van der Waals surface area contributed by atoms with E-state index in [9.17, 15) is 9.59 Å². The van der Waals surface area contributed by atoms with Crippen molar-refractivity contribution in [2.75, 3.05) is 31.2 Å². The zero-order chi connectivity index (χ0) is 27.8. The van der Waals surface area contributed by atoms with E-state index in [0.717, 1.165) is 43.5 Å². The van der Waals surface area contributed by atoms with Gasteiger partial charge in [0.05, 0.1) is 17.4 Å². The second-order valence-electron chi connectivity index (χ2n) is 10.8. The lowest BCUT2D eigenvalue weighted by molar-refractivity contribution is -0.139. The third-order valence-electron chi connectivity index (χ3n) is 8.24. The fourth-order valence-corrected chi connectivity index (χ4v) is 5.94. The van der Waals surface area contributed by atoms with Crippen LogP contribution in [0.4, 0.5) is 11.4 Å². The van der Waals surface area contributed by atoms with Crippen molar-refractivity contribution in [2.45, 2.75) is 63.6 Å². The predicted octanol–water partition coefficient (Wildman–Crippen LogP) is 4.59. The Kier molecular flexibility index (Phi) is 9.82. The number of nitrogens with two attached hydrogens (primary N) is 1. The Balaban J connectivity index is 1.42. The van der Waals surface area contributed by atoms with Crippen LogP contribution < -0.4 is 21.7 Å². The lowest BCUT2D eigenvalue weighted by atomic mass is 9.96. The molecule has 2 heterocycles. The number of hydrogen-bond donors (Lipinski definition) is 4. The molecule has 2 saturated heterocycles. The van der Waals surface area contributed by atoms with E-state index in [1.54, 1.807) is 0 Å². The molecule has 2 amide bonds. The van der Waals surface area contributed by atoms with E-state index in [1.165, 1.54) is 11.1 Å². The summed E-state index contributed by atoms with van der Waals surface area (Å²) in [7, 11) is 1.83. The van der Waals surface area contributed by atoms with E-state index in [0.29, 0.717) is 37.0 Å². The van der Waals surface area contributed by atoms with Gasteiger partial charge in [-0.2, -0.15) is 0 Å². The molecule has 0 radical (unpaired) electrons. The normalized spacial score (nSPS) is 23.0. The first kappa shape index (κ1) is 28.4. The van der Waals surface area contributed by atoms with Crippen LogP contribution in [0.15, 0.2) is 72.8 Å². The molecule has 5 N–H and O–H groups in total. The van der Waals surface area contributed by atoms with Crippen molar-refractivity contribution >= 4 is 23.2 Å². The highest BCUT2D eigenvalue weighted by Gasteiger charge is 2.43. The van der Waals surface area contributed by atoms with Crippen molar-refractivity contribution < 1.29 is 9.59 Å². The van der Waals surface area contributed by atoms with Gasteiger partial charge in [0.2, 0.25) is 11.8 Å². The summed E-state index contributed by atoms with van der Waals surface area (Å²) in [6.45, 7) is 7.69. The molecular formula is C32H43N5O2. The number of nitrogens with one attached hydrogen (secondary N) is 3. The fraction of sp³-hybridized carbons (Fsp3) is 0.438. The number of nitrogens with zero attached hydrogens (tertiary/aromatic N) is 1. The molecule has 0 aliphatic carbocycles. The molecule has 39 heavy (non-hydrogen) atoms. The van der Waals surface area contributed by atoms with Gasteiger partial charge in [-0.05, 0) is 74.1 Å². The van der Waals surface area contributed by atoms with Gasteiger partial charge in [0.25, 0.3) is 0 Å². The van der Waals surface area contributed by atoms with Crippen LogP contribution in [0.2, 0.25) is 0 Å². The summed E-state index contributed by atoms with van der Waals surface area (Å²) in [5, 5.41) is 9.58. The monoisotopic (exact) mass is 529 g/mol. The molecule has 2 fully saturated rings. The van der Waals surface area contributed by atoms with Crippen molar-refractivity contribution in [2.24, 2.45) is 5.92 Å². The molecule has 0 aromatic heterocycles. The highest BCUT2D eigenvalue weighted by molar-refractivity contribution is 5.90. The van der Waals surface area contributed by atoms with E-state index >= 15 is 0 Å². The number of carbonyl (C=O) groups excluding carboxylic acids is 2. The van der Waals surface area contributed by atoms with Gasteiger partial charge in [0, 0.05) is 26.7 Å². The first-order chi connectivity index (χ1) is 18.9. The van der Waals surface area contributed by atoms with Gasteiger partial charge in [0.15, 0.2) is 0 Å². The standard InChI is InChI=1S/C32H43N5O2/c1-4-22(5-2)10-9-11-24-17-30(31(38)36-19-23-14-15-28(34-3)27(33)16-23)37(21-24)32(39)29-18-26(20-35-29)25-12-7-6-8-13-25/h4-8,12-16,24,26,29-30,34-35H,1,9-11,17-21,33H2,2-3H3,(H,36,38)/b22-5+/t24?,26-,29-,30+/m1/s1. The summed E-state index contributed by atoms with van der Waals surface area (Å²) < 4.78 is 0. The maximum atomic E-state index is 13.8. The second kappa shape index (κ2) is 13.5. The van der Waals surface area contributed by atoms with Gasteiger partial charge in [-0.3, -0.25) is 9.59 Å². The van der Waals surface area contributed by atoms with Crippen LogP contribution in [0.1, 0.15) is 56.1 Å². The van der Waals surface area contributed by atoms with Crippen molar-refractivity contribution in [3.63, 3.8) is 0 Å². The Labute approximate surface area is 232 Å². The van der Waals surface area contributed by atoms with E-state index in [-0.39, 0.29) is 17.9 Å². The van der Waals surface area contributed by atoms with Crippen molar-refractivity contribution in [3.05, 3.63) is 84.0 Å². The molecule has 1 unspecified atom stereocenters. The molecule has 0 spiro atoms. The lowest BCUT2D eigenvalue weighted by Crippen LogP contribution is -2.51. The van der Waals surface area contributed by atoms with Gasteiger partial charge in [-0.1, -0.05) is 60.7 Å². The molecule has 2 aromatic rings. The van der Waals surface area contributed by atoms with Gasteiger partial charge in [0.1, 0.15) is 6.04 Å². The number of likely N-dealkylation sites (tertiary alicyclic amines) is 1. The highest BCUT2D eigenvalue weighted by Crippen LogP contribution is 2.32. The minimum absolute atomic E-state index is 0.0407. The van der Waals surface area contributed by atoms with Crippen molar-refractivity contribution in [3.8, 4) is 0 Å². The molecule has 0 bridgehead atoms. The number of anilines is 2. The summed E-state index contributed by atoms with van der Waals surface area (Å²) in [5.41, 5.74) is 11.0. The molecule has 0 saturated carbocycles. The van der Waals surface area contributed by atoms with Crippen molar-refractivity contribution in [1.29, 1.82) is 0 Å². The SMILES string of the molecule is C=C/C(=C\C)CCCC1C[C@@H](C(=O)NCc2ccc(NC)c(N)c2)N(C(=O)[C@H]2C[C@@H](c3ccccc3)CN2)C1. The van der Waals surface area contributed by atoms with E-state index < -0.39 is 6.04 Å². The third-order valence-corrected chi connectivity index (χ3v) is 8.24. The third kappa shape index (κ3) is 7.09. The molecule has 208 valence electrons. The number of allylic oxidation sites excluding steroid dienone is 3. The molecule has 2 aliphatic rings. The van der Waals surface area contributed by atoms with E-state index in [1.807, 2.05) is 61.3 Å². The Bertz CT molecular complexity index is 1180. The summed E-state index contributed by atoms with van der Waals surface area (Å²) in [6, 6.07) is 15.4. The Hall–Kier alpha value is -3.58. The van der Waals surface area contributed by atoms with Crippen LogP contribution in [0.3, 0.4) is 0 Å². The second-order valence-corrected chi connectivity index (χ2v) is 10.8. The first-order valence-electron chi connectivity index (χ1n) is 14.1.